The van der Waals surface area contributed by atoms with Gasteiger partial charge in [-0.1, -0.05) is 30.3 Å². The van der Waals surface area contributed by atoms with Gasteiger partial charge >= 0.3 is 6.18 Å². The number of nitrogens with zero attached hydrogens (tertiary/aromatic N) is 1. The minimum Gasteiger partial charge on any atom is -0.371 e. The summed E-state index contributed by atoms with van der Waals surface area (Å²) in [6.07, 6.45) is -4.40. The van der Waals surface area contributed by atoms with Crippen LogP contribution in [0.25, 0.3) is 0 Å². The maximum atomic E-state index is 12.6. The standard InChI is InChI=1S/C20H21F3N2O2/c21-20(22,23)17-8-6-16(7-9-17)19(26)24-10-11-25-12-13-27-18(14-25)15-4-2-1-3-5-15/h1-9,18H,10-14H2,(H,24,26). The number of rotatable bonds is 5. The number of hydrogen-bond acceptors (Lipinski definition) is 3. The quantitative estimate of drug-likeness (QED) is 0.866. The number of benzene rings is 2. The van der Waals surface area contributed by atoms with Crippen LogP contribution in [-0.2, 0) is 10.9 Å². The van der Waals surface area contributed by atoms with Gasteiger partial charge in [-0.2, -0.15) is 13.2 Å². The first kappa shape index (κ1) is 19.4. The summed E-state index contributed by atoms with van der Waals surface area (Å²) in [4.78, 5) is 14.3. The minimum atomic E-state index is -4.40. The van der Waals surface area contributed by atoms with E-state index in [-0.39, 0.29) is 17.6 Å². The lowest BCUT2D eigenvalue weighted by atomic mass is 10.1. The first-order chi connectivity index (χ1) is 12.9. The Labute approximate surface area is 155 Å². The fourth-order valence-electron chi connectivity index (χ4n) is 3.02. The predicted octanol–water partition coefficient (Wildman–Crippen LogP) is 3.51. The van der Waals surface area contributed by atoms with Crippen molar-refractivity contribution in [2.24, 2.45) is 0 Å². The Morgan fingerprint density at radius 3 is 2.48 bits per heavy atom. The zero-order valence-corrected chi connectivity index (χ0v) is 14.7. The lowest BCUT2D eigenvalue weighted by Crippen LogP contribution is -2.42. The SMILES string of the molecule is O=C(NCCN1CCOC(c2ccccc2)C1)c1ccc(C(F)(F)F)cc1. The van der Waals surface area contributed by atoms with Crippen molar-refractivity contribution in [3.63, 3.8) is 0 Å². The molecule has 0 saturated carbocycles. The zero-order chi connectivity index (χ0) is 19.3. The molecule has 1 fully saturated rings. The van der Waals surface area contributed by atoms with Gasteiger partial charge in [-0.05, 0) is 29.8 Å². The highest BCUT2D eigenvalue weighted by Gasteiger charge is 2.30. The third-order valence-corrected chi connectivity index (χ3v) is 4.51. The molecular formula is C20H21F3N2O2. The van der Waals surface area contributed by atoms with Gasteiger partial charge in [0.1, 0.15) is 0 Å². The first-order valence-corrected chi connectivity index (χ1v) is 8.78. The van der Waals surface area contributed by atoms with E-state index in [2.05, 4.69) is 10.2 Å². The summed E-state index contributed by atoms with van der Waals surface area (Å²) in [5.74, 6) is -0.378. The molecule has 4 nitrogen and oxygen atoms in total. The van der Waals surface area contributed by atoms with Gasteiger partial charge in [-0.15, -0.1) is 0 Å². The summed E-state index contributed by atoms with van der Waals surface area (Å²) in [5, 5.41) is 2.76. The van der Waals surface area contributed by atoms with Crippen LogP contribution in [0.3, 0.4) is 0 Å². The van der Waals surface area contributed by atoms with Gasteiger partial charge in [0.15, 0.2) is 0 Å². The highest BCUT2D eigenvalue weighted by molar-refractivity contribution is 5.94. The Morgan fingerprint density at radius 1 is 1.11 bits per heavy atom. The second kappa shape index (κ2) is 8.54. The number of morpholine rings is 1. The molecule has 1 aliphatic heterocycles. The Balaban J connectivity index is 1.47. The van der Waals surface area contributed by atoms with E-state index in [9.17, 15) is 18.0 Å². The predicted molar refractivity (Wildman–Crippen MR) is 95.4 cm³/mol. The maximum absolute atomic E-state index is 12.6. The highest BCUT2D eigenvalue weighted by Crippen LogP contribution is 2.29. The fraction of sp³-hybridized carbons (Fsp3) is 0.350. The molecule has 1 N–H and O–H groups in total. The molecule has 27 heavy (non-hydrogen) atoms. The third kappa shape index (κ3) is 5.30. The fourth-order valence-corrected chi connectivity index (χ4v) is 3.02. The Bertz CT molecular complexity index is 748. The van der Waals surface area contributed by atoms with Crippen molar-refractivity contribution in [2.75, 3.05) is 32.8 Å². The Hall–Kier alpha value is -2.38. The Morgan fingerprint density at radius 2 is 1.81 bits per heavy atom. The van der Waals surface area contributed by atoms with E-state index < -0.39 is 11.7 Å². The topological polar surface area (TPSA) is 41.6 Å². The van der Waals surface area contributed by atoms with E-state index in [1.165, 1.54) is 12.1 Å². The van der Waals surface area contributed by atoms with Gasteiger partial charge in [0.25, 0.3) is 5.91 Å². The van der Waals surface area contributed by atoms with Crippen LogP contribution in [0.1, 0.15) is 27.6 Å². The Kier molecular flexibility index (Phi) is 6.13. The van der Waals surface area contributed by atoms with Crippen molar-refractivity contribution in [2.45, 2.75) is 12.3 Å². The summed E-state index contributed by atoms with van der Waals surface area (Å²) < 4.78 is 43.5. The average molecular weight is 378 g/mol. The first-order valence-electron chi connectivity index (χ1n) is 8.78. The van der Waals surface area contributed by atoms with Crippen molar-refractivity contribution < 1.29 is 22.7 Å². The number of amides is 1. The van der Waals surface area contributed by atoms with E-state index in [4.69, 9.17) is 4.74 Å². The van der Waals surface area contributed by atoms with Gasteiger partial charge in [0, 0.05) is 31.7 Å². The monoisotopic (exact) mass is 378 g/mol. The molecule has 0 spiro atoms. The molecule has 1 unspecified atom stereocenters. The van der Waals surface area contributed by atoms with E-state index >= 15 is 0 Å². The van der Waals surface area contributed by atoms with Gasteiger partial charge in [-0.25, -0.2) is 0 Å². The molecule has 1 amide bonds. The van der Waals surface area contributed by atoms with Crippen molar-refractivity contribution in [1.82, 2.24) is 10.2 Å². The molecule has 0 radical (unpaired) electrons. The minimum absolute atomic E-state index is 0.00515. The van der Waals surface area contributed by atoms with Crippen LogP contribution < -0.4 is 5.32 Å². The second-order valence-corrected chi connectivity index (χ2v) is 6.40. The van der Waals surface area contributed by atoms with E-state index in [0.29, 0.717) is 19.7 Å². The highest BCUT2D eigenvalue weighted by atomic mass is 19.4. The van der Waals surface area contributed by atoms with Crippen LogP contribution in [-0.4, -0.2) is 43.6 Å². The molecule has 144 valence electrons. The molecule has 1 saturated heterocycles. The number of halogens is 3. The van der Waals surface area contributed by atoms with Crippen molar-refractivity contribution in [1.29, 1.82) is 0 Å². The number of ether oxygens (including phenoxy) is 1. The number of alkyl halides is 3. The largest absolute Gasteiger partial charge is 0.416 e. The van der Waals surface area contributed by atoms with E-state index in [1.807, 2.05) is 30.3 Å². The molecule has 1 atom stereocenters. The van der Waals surface area contributed by atoms with Crippen LogP contribution >= 0.6 is 0 Å². The summed E-state index contributed by atoms with van der Waals surface area (Å²) in [6, 6.07) is 14.2. The summed E-state index contributed by atoms with van der Waals surface area (Å²) >= 11 is 0. The summed E-state index contributed by atoms with van der Waals surface area (Å²) in [6.45, 7) is 3.20. The van der Waals surface area contributed by atoms with Crippen LogP contribution in [0.15, 0.2) is 54.6 Å². The molecule has 0 bridgehead atoms. The van der Waals surface area contributed by atoms with Crippen molar-refractivity contribution in [3.8, 4) is 0 Å². The van der Waals surface area contributed by atoms with Crippen LogP contribution in [0.5, 0.6) is 0 Å². The molecule has 3 rings (SSSR count). The average Bonchev–Trinajstić information content (AvgIpc) is 2.68. The number of carbonyl (C=O) groups excluding carboxylic acids is 1. The molecule has 1 heterocycles. The number of hydrogen-bond donors (Lipinski definition) is 1. The maximum Gasteiger partial charge on any atom is 0.416 e. The summed E-state index contributed by atoms with van der Waals surface area (Å²) in [5.41, 5.74) is 0.572. The lowest BCUT2D eigenvalue weighted by Gasteiger charge is -2.33. The van der Waals surface area contributed by atoms with Gasteiger partial charge in [0.2, 0.25) is 0 Å². The zero-order valence-electron chi connectivity index (χ0n) is 14.7. The smallest absolute Gasteiger partial charge is 0.371 e. The van der Waals surface area contributed by atoms with E-state index in [0.717, 1.165) is 30.8 Å². The van der Waals surface area contributed by atoms with E-state index in [1.54, 1.807) is 0 Å². The third-order valence-electron chi connectivity index (χ3n) is 4.51. The summed E-state index contributed by atoms with van der Waals surface area (Å²) in [7, 11) is 0. The van der Waals surface area contributed by atoms with Crippen LogP contribution in [0.2, 0.25) is 0 Å². The van der Waals surface area contributed by atoms with Gasteiger partial charge in [0.05, 0.1) is 18.3 Å². The number of carbonyl (C=O) groups is 1. The van der Waals surface area contributed by atoms with Crippen LogP contribution in [0.4, 0.5) is 13.2 Å². The molecule has 2 aromatic rings. The molecule has 1 aliphatic rings. The molecule has 0 aliphatic carbocycles. The van der Waals surface area contributed by atoms with Crippen LogP contribution in [0, 0.1) is 0 Å². The van der Waals surface area contributed by atoms with Crippen molar-refractivity contribution >= 4 is 5.91 Å². The van der Waals surface area contributed by atoms with Gasteiger partial charge in [-0.3, -0.25) is 9.69 Å². The molecule has 7 heteroatoms. The molecule has 2 aromatic carbocycles. The molecular weight excluding hydrogens is 357 g/mol. The lowest BCUT2D eigenvalue weighted by molar-refractivity contribution is -0.137. The second-order valence-electron chi connectivity index (χ2n) is 6.40. The van der Waals surface area contributed by atoms with Gasteiger partial charge < -0.3 is 10.1 Å². The number of nitrogens with one attached hydrogen (secondary N) is 1. The normalized spacial score (nSPS) is 18.3. The van der Waals surface area contributed by atoms with Crippen molar-refractivity contribution in [3.05, 3.63) is 71.3 Å². The molecule has 0 aromatic heterocycles.